The topological polar surface area (TPSA) is 92.9 Å². The third kappa shape index (κ3) is 5.43. The van der Waals surface area contributed by atoms with Gasteiger partial charge in [0.1, 0.15) is 12.6 Å². The number of hydrogen-bond donors (Lipinski definition) is 2. The minimum Gasteiger partial charge on any atom is -0.481 e. The van der Waals surface area contributed by atoms with Gasteiger partial charge in [0.15, 0.2) is 0 Å². The molecule has 0 saturated heterocycles. The number of anilines is 1. The van der Waals surface area contributed by atoms with Crippen LogP contribution >= 0.6 is 0 Å². The minimum atomic E-state index is -1.13. The molecule has 0 aliphatic carbocycles. The highest BCUT2D eigenvalue weighted by molar-refractivity contribution is 5.81. The second-order valence-electron chi connectivity index (χ2n) is 4.65. The summed E-state index contributed by atoms with van der Waals surface area (Å²) >= 11 is 0. The lowest BCUT2D eigenvalue weighted by molar-refractivity contribution is -0.150. The molecule has 1 rings (SSSR count). The standard InChI is InChI=1S/C15H22N2O4/c1-3-17(4-2)12-7-5-6-11(8-12)10-21-15(20)13(16)9-14(18)19/h5-8,13H,3-4,9-10,16H2,1-2H3,(H,18,19)/t13-/m0/s1. The third-order valence-electron chi connectivity index (χ3n) is 3.12. The number of carboxylic acid groups (broad SMARTS) is 1. The fourth-order valence-corrected chi connectivity index (χ4v) is 1.96. The second kappa shape index (κ2) is 8.26. The molecule has 6 heteroatoms. The molecule has 21 heavy (non-hydrogen) atoms. The molecule has 0 heterocycles. The van der Waals surface area contributed by atoms with Gasteiger partial charge in [0.25, 0.3) is 0 Å². The monoisotopic (exact) mass is 294 g/mol. The Bertz CT molecular complexity index is 486. The molecule has 116 valence electrons. The van der Waals surface area contributed by atoms with Crippen LogP contribution in [0.5, 0.6) is 0 Å². The summed E-state index contributed by atoms with van der Waals surface area (Å²) in [6.45, 7) is 6.01. The zero-order chi connectivity index (χ0) is 15.8. The quantitative estimate of drug-likeness (QED) is 0.704. The zero-order valence-electron chi connectivity index (χ0n) is 12.4. The van der Waals surface area contributed by atoms with Crippen molar-refractivity contribution in [2.45, 2.75) is 32.9 Å². The van der Waals surface area contributed by atoms with Crippen LogP contribution in [0.2, 0.25) is 0 Å². The van der Waals surface area contributed by atoms with Crippen molar-refractivity contribution in [3.05, 3.63) is 29.8 Å². The van der Waals surface area contributed by atoms with Gasteiger partial charge in [-0.15, -0.1) is 0 Å². The van der Waals surface area contributed by atoms with Crippen LogP contribution in [0.3, 0.4) is 0 Å². The van der Waals surface area contributed by atoms with Crippen molar-refractivity contribution in [3.8, 4) is 0 Å². The maximum Gasteiger partial charge on any atom is 0.323 e. The van der Waals surface area contributed by atoms with E-state index in [2.05, 4.69) is 18.7 Å². The number of carbonyl (C=O) groups is 2. The van der Waals surface area contributed by atoms with E-state index >= 15 is 0 Å². The van der Waals surface area contributed by atoms with Crippen LogP contribution in [0.25, 0.3) is 0 Å². The SMILES string of the molecule is CCN(CC)c1cccc(COC(=O)[C@@H](N)CC(=O)O)c1. The summed E-state index contributed by atoms with van der Waals surface area (Å²) < 4.78 is 5.05. The van der Waals surface area contributed by atoms with E-state index in [0.29, 0.717) is 0 Å². The molecule has 0 amide bonds. The highest BCUT2D eigenvalue weighted by Gasteiger charge is 2.18. The molecule has 1 aromatic rings. The molecule has 0 saturated carbocycles. The molecule has 0 aliphatic heterocycles. The first-order valence-electron chi connectivity index (χ1n) is 6.95. The van der Waals surface area contributed by atoms with Crippen molar-refractivity contribution in [1.82, 2.24) is 0 Å². The average Bonchev–Trinajstić information content (AvgIpc) is 2.46. The van der Waals surface area contributed by atoms with E-state index in [1.165, 1.54) is 0 Å². The number of nitrogens with zero attached hydrogens (tertiary/aromatic N) is 1. The second-order valence-corrected chi connectivity index (χ2v) is 4.65. The van der Waals surface area contributed by atoms with Crippen LogP contribution in [0.1, 0.15) is 25.8 Å². The molecule has 1 aromatic carbocycles. The van der Waals surface area contributed by atoms with E-state index in [9.17, 15) is 9.59 Å². The van der Waals surface area contributed by atoms with Crippen LogP contribution in [0.4, 0.5) is 5.69 Å². The fourth-order valence-electron chi connectivity index (χ4n) is 1.96. The van der Waals surface area contributed by atoms with Crippen molar-refractivity contribution < 1.29 is 19.4 Å². The van der Waals surface area contributed by atoms with Gasteiger partial charge in [-0.2, -0.15) is 0 Å². The number of hydrogen-bond acceptors (Lipinski definition) is 5. The first-order chi connectivity index (χ1) is 9.97. The maximum atomic E-state index is 11.6. The zero-order valence-corrected chi connectivity index (χ0v) is 12.4. The van der Waals surface area contributed by atoms with Crippen molar-refractivity contribution in [3.63, 3.8) is 0 Å². The van der Waals surface area contributed by atoms with Crippen molar-refractivity contribution in [2.24, 2.45) is 5.73 Å². The number of rotatable bonds is 8. The van der Waals surface area contributed by atoms with E-state index in [-0.39, 0.29) is 6.61 Å². The smallest absolute Gasteiger partial charge is 0.323 e. The average molecular weight is 294 g/mol. The fraction of sp³-hybridized carbons (Fsp3) is 0.467. The summed E-state index contributed by atoms with van der Waals surface area (Å²) in [6.07, 6.45) is -0.432. The van der Waals surface area contributed by atoms with Gasteiger partial charge >= 0.3 is 11.9 Å². The molecule has 0 unspecified atom stereocenters. The number of carbonyl (C=O) groups excluding carboxylic acids is 1. The number of nitrogens with two attached hydrogens (primary N) is 1. The molecular formula is C15H22N2O4. The number of carboxylic acids is 1. The minimum absolute atomic E-state index is 0.0846. The Morgan fingerprint density at radius 3 is 2.57 bits per heavy atom. The molecule has 1 atom stereocenters. The van der Waals surface area contributed by atoms with Gasteiger partial charge in [0, 0.05) is 18.8 Å². The molecule has 0 aliphatic rings. The van der Waals surface area contributed by atoms with Crippen molar-refractivity contribution >= 4 is 17.6 Å². The Morgan fingerprint density at radius 2 is 2.00 bits per heavy atom. The first kappa shape index (κ1) is 17.0. The van der Waals surface area contributed by atoms with Crippen molar-refractivity contribution in [2.75, 3.05) is 18.0 Å². The summed E-state index contributed by atoms with van der Waals surface area (Å²) in [7, 11) is 0. The Hall–Kier alpha value is -2.08. The van der Waals surface area contributed by atoms with Crippen LogP contribution in [0.15, 0.2) is 24.3 Å². The summed E-state index contributed by atoms with van der Waals surface area (Å²) in [4.78, 5) is 24.2. The first-order valence-corrected chi connectivity index (χ1v) is 6.95. The summed E-state index contributed by atoms with van der Waals surface area (Å²) in [6, 6.07) is 6.56. The van der Waals surface area contributed by atoms with Gasteiger partial charge < -0.3 is 20.5 Å². The van der Waals surface area contributed by atoms with Crippen LogP contribution in [-0.4, -0.2) is 36.2 Å². The van der Waals surface area contributed by atoms with Crippen molar-refractivity contribution in [1.29, 1.82) is 0 Å². The van der Waals surface area contributed by atoms with Gasteiger partial charge in [-0.05, 0) is 31.5 Å². The molecule has 0 radical (unpaired) electrons. The summed E-state index contributed by atoms with van der Waals surface area (Å²) in [5.41, 5.74) is 7.34. The van der Waals surface area contributed by atoms with E-state index in [4.69, 9.17) is 15.6 Å². The predicted molar refractivity (Wildman–Crippen MR) is 80.0 cm³/mol. The van der Waals surface area contributed by atoms with Gasteiger partial charge in [0.2, 0.25) is 0 Å². The normalized spacial score (nSPS) is 11.8. The number of aliphatic carboxylic acids is 1. The van der Waals surface area contributed by atoms with E-state index in [1.807, 2.05) is 24.3 Å². The molecular weight excluding hydrogens is 272 g/mol. The van der Waals surface area contributed by atoms with Crippen LogP contribution in [-0.2, 0) is 20.9 Å². The lowest BCUT2D eigenvalue weighted by Gasteiger charge is -2.21. The molecule has 3 N–H and O–H groups in total. The molecule has 0 fully saturated rings. The third-order valence-corrected chi connectivity index (χ3v) is 3.12. The van der Waals surface area contributed by atoms with E-state index in [1.54, 1.807) is 0 Å². The van der Waals surface area contributed by atoms with Gasteiger partial charge in [-0.25, -0.2) is 0 Å². The van der Waals surface area contributed by atoms with Gasteiger partial charge in [0.05, 0.1) is 6.42 Å². The number of ether oxygens (including phenoxy) is 1. The highest BCUT2D eigenvalue weighted by Crippen LogP contribution is 2.16. The number of benzene rings is 1. The summed E-state index contributed by atoms with van der Waals surface area (Å²) in [5, 5.41) is 8.58. The van der Waals surface area contributed by atoms with E-state index in [0.717, 1.165) is 24.3 Å². The lowest BCUT2D eigenvalue weighted by atomic mass is 10.2. The van der Waals surface area contributed by atoms with Crippen LogP contribution in [0, 0.1) is 0 Å². The molecule has 0 spiro atoms. The Labute approximate surface area is 124 Å². The maximum absolute atomic E-state index is 11.6. The highest BCUT2D eigenvalue weighted by atomic mass is 16.5. The lowest BCUT2D eigenvalue weighted by Crippen LogP contribution is -2.34. The molecule has 0 aromatic heterocycles. The summed E-state index contributed by atoms with van der Waals surface area (Å²) in [5.74, 6) is -1.83. The number of esters is 1. The largest absolute Gasteiger partial charge is 0.481 e. The van der Waals surface area contributed by atoms with Crippen LogP contribution < -0.4 is 10.6 Å². The Morgan fingerprint density at radius 1 is 1.33 bits per heavy atom. The molecule has 0 bridgehead atoms. The van der Waals surface area contributed by atoms with Gasteiger partial charge in [-0.1, -0.05) is 12.1 Å². The van der Waals surface area contributed by atoms with E-state index < -0.39 is 24.4 Å². The predicted octanol–water partition coefficient (Wildman–Crippen LogP) is 1.38. The Balaban J connectivity index is 2.61. The Kier molecular flexibility index (Phi) is 6.68. The van der Waals surface area contributed by atoms with Gasteiger partial charge in [-0.3, -0.25) is 9.59 Å². The molecule has 6 nitrogen and oxygen atoms in total.